The first-order chi connectivity index (χ1) is 5.72. The van der Waals surface area contributed by atoms with Gasteiger partial charge in [0.25, 0.3) is 0 Å². The number of hydrogen-bond acceptors (Lipinski definition) is 0. The van der Waals surface area contributed by atoms with E-state index in [4.69, 9.17) is 0 Å². The summed E-state index contributed by atoms with van der Waals surface area (Å²) in [7, 11) is 2.25. The molecule has 64 valence electrons. The van der Waals surface area contributed by atoms with Crippen LogP contribution < -0.4 is 0 Å². The Kier molecular flexibility index (Phi) is 3.39. The molecule has 1 aromatic carbocycles. The summed E-state index contributed by atoms with van der Waals surface area (Å²) in [6.45, 7) is 4.44. The molecule has 1 rings (SSSR count). The Balaban J connectivity index is 2.58. The molecule has 1 unspecified atom stereocenters. The molecule has 0 heterocycles. The molecule has 0 saturated carbocycles. The molecular weight excluding hydrogens is 143 g/mol. The molecule has 0 radical (unpaired) electrons. The van der Waals surface area contributed by atoms with Crippen LogP contribution in [0.3, 0.4) is 0 Å². The summed E-state index contributed by atoms with van der Waals surface area (Å²) >= 11 is 0. The fourth-order valence-corrected chi connectivity index (χ4v) is 1.27. The van der Waals surface area contributed by atoms with Crippen LogP contribution in [0.15, 0.2) is 24.3 Å². The normalized spacial score (nSPS) is 12.8. The zero-order valence-electron chi connectivity index (χ0n) is 8.30. The molecule has 0 aliphatic carbocycles. The highest BCUT2D eigenvalue weighted by atomic mass is 14.0. The lowest BCUT2D eigenvalue weighted by Crippen LogP contribution is -1.98. The van der Waals surface area contributed by atoms with Crippen LogP contribution in [0.2, 0.25) is 6.32 Å². The maximum absolute atomic E-state index is 2.31. The Hall–Kier alpha value is -0.715. The van der Waals surface area contributed by atoms with E-state index in [1.807, 2.05) is 0 Å². The third-order valence-electron chi connectivity index (χ3n) is 2.40. The van der Waals surface area contributed by atoms with Gasteiger partial charge in [-0.2, -0.15) is 0 Å². The first-order valence-corrected chi connectivity index (χ1v) is 4.78. The summed E-state index contributed by atoms with van der Waals surface area (Å²) in [6, 6.07) is 8.86. The molecule has 1 aromatic rings. The molecule has 0 aliphatic rings. The summed E-state index contributed by atoms with van der Waals surface area (Å²) < 4.78 is 0. The fraction of sp³-hybridized carbons (Fsp3) is 0.455. The molecule has 12 heavy (non-hydrogen) atoms. The van der Waals surface area contributed by atoms with Gasteiger partial charge in [-0.1, -0.05) is 43.1 Å². The SMILES string of the molecule is BCC(C)Cc1ccc(C)cc1. The molecule has 0 aromatic heterocycles. The molecule has 0 N–H and O–H groups in total. The van der Waals surface area contributed by atoms with Gasteiger partial charge in [-0.15, -0.1) is 0 Å². The van der Waals surface area contributed by atoms with Crippen molar-refractivity contribution in [3.05, 3.63) is 35.4 Å². The number of benzene rings is 1. The highest BCUT2D eigenvalue weighted by molar-refractivity contribution is 6.08. The van der Waals surface area contributed by atoms with Crippen molar-refractivity contribution in [3.63, 3.8) is 0 Å². The minimum Gasteiger partial charge on any atom is -0.0782 e. The van der Waals surface area contributed by atoms with Gasteiger partial charge in [-0.05, 0) is 24.8 Å². The second kappa shape index (κ2) is 4.35. The summed E-state index contributed by atoms with van der Waals surface area (Å²) in [4.78, 5) is 0. The van der Waals surface area contributed by atoms with Crippen molar-refractivity contribution in [2.75, 3.05) is 0 Å². The van der Waals surface area contributed by atoms with Gasteiger partial charge in [0.15, 0.2) is 0 Å². The second-order valence-corrected chi connectivity index (χ2v) is 3.70. The summed E-state index contributed by atoms with van der Waals surface area (Å²) in [5.74, 6) is 0.813. The van der Waals surface area contributed by atoms with E-state index >= 15 is 0 Å². The molecular formula is C11H17B. The average molecular weight is 160 g/mol. The van der Waals surface area contributed by atoms with E-state index in [9.17, 15) is 0 Å². The van der Waals surface area contributed by atoms with E-state index in [1.165, 1.54) is 23.9 Å². The second-order valence-electron chi connectivity index (χ2n) is 3.70. The van der Waals surface area contributed by atoms with Gasteiger partial charge in [-0.3, -0.25) is 0 Å². The Morgan fingerprint density at radius 1 is 1.25 bits per heavy atom. The van der Waals surface area contributed by atoms with Gasteiger partial charge in [-0.25, -0.2) is 0 Å². The highest BCUT2D eigenvalue weighted by Crippen LogP contribution is 2.11. The predicted molar refractivity (Wildman–Crippen MR) is 57.4 cm³/mol. The van der Waals surface area contributed by atoms with Crippen molar-refractivity contribution in [1.82, 2.24) is 0 Å². The smallest absolute Gasteiger partial charge is 0.0782 e. The number of hydrogen-bond donors (Lipinski definition) is 0. The fourth-order valence-electron chi connectivity index (χ4n) is 1.27. The van der Waals surface area contributed by atoms with Crippen molar-refractivity contribution < 1.29 is 0 Å². The maximum atomic E-state index is 2.31. The van der Waals surface area contributed by atoms with Crippen molar-refractivity contribution >= 4 is 7.85 Å². The largest absolute Gasteiger partial charge is 0.101 e. The van der Waals surface area contributed by atoms with E-state index in [2.05, 4.69) is 46.0 Å². The van der Waals surface area contributed by atoms with Crippen molar-refractivity contribution in [1.29, 1.82) is 0 Å². The van der Waals surface area contributed by atoms with Crippen LogP contribution in [0.4, 0.5) is 0 Å². The molecule has 1 atom stereocenters. The molecule has 0 nitrogen and oxygen atoms in total. The first kappa shape index (κ1) is 9.37. The predicted octanol–water partition coefficient (Wildman–Crippen LogP) is 2.23. The van der Waals surface area contributed by atoms with E-state index in [0.29, 0.717) is 0 Å². The Morgan fingerprint density at radius 3 is 2.33 bits per heavy atom. The van der Waals surface area contributed by atoms with Crippen LogP contribution in [-0.4, -0.2) is 7.85 Å². The molecule has 0 spiro atoms. The van der Waals surface area contributed by atoms with Crippen LogP contribution in [0.25, 0.3) is 0 Å². The van der Waals surface area contributed by atoms with E-state index in [1.54, 1.807) is 0 Å². The highest BCUT2D eigenvalue weighted by Gasteiger charge is 1.99. The Morgan fingerprint density at radius 2 is 1.83 bits per heavy atom. The van der Waals surface area contributed by atoms with E-state index < -0.39 is 0 Å². The van der Waals surface area contributed by atoms with Gasteiger partial charge in [0.2, 0.25) is 0 Å². The number of aryl methyl sites for hydroxylation is 1. The third-order valence-corrected chi connectivity index (χ3v) is 2.40. The van der Waals surface area contributed by atoms with Gasteiger partial charge < -0.3 is 0 Å². The van der Waals surface area contributed by atoms with E-state index in [0.717, 1.165) is 5.92 Å². The monoisotopic (exact) mass is 160 g/mol. The van der Waals surface area contributed by atoms with Crippen LogP contribution in [0.5, 0.6) is 0 Å². The van der Waals surface area contributed by atoms with Crippen LogP contribution >= 0.6 is 0 Å². The van der Waals surface area contributed by atoms with Crippen molar-refractivity contribution in [2.45, 2.75) is 26.6 Å². The van der Waals surface area contributed by atoms with E-state index in [-0.39, 0.29) is 0 Å². The standard InChI is InChI=1S/C11H17B/c1-9-3-5-11(6-4-9)7-10(2)8-12/h3-6,10H,7-8,12H2,1-2H3. The molecule has 1 heteroatoms. The lowest BCUT2D eigenvalue weighted by Gasteiger charge is -2.07. The average Bonchev–Trinajstić information content (AvgIpc) is 2.09. The van der Waals surface area contributed by atoms with Gasteiger partial charge >= 0.3 is 0 Å². The van der Waals surface area contributed by atoms with Crippen LogP contribution in [0.1, 0.15) is 18.1 Å². The first-order valence-electron chi connectivity index (χ1n) is 4.78. The Bertz CT molecular complexity index is 225. The minimum atomic E-state index is 0.813. The van der Waals surface area contributed by atoms with Gasteiger partial charge in [0, 0.05) is 0 Å². The minimum absolute atomic E-state index is 0.813. The lowest BCUT2D eigenvalue weighted by atomic mass is 9.88. The Labute approximate surface area is 76.4 Å². The number of rotatable bonds is 3. The van der Waals surface area contributed by atoms with Crippen molar-refractivity contribution in [2.24, 2.45) is 5.92 Å². The topological polar surface area (TPSA) is 0 Å². The lowest BCUT2D eigenvalue weighted by molar-refractivity contribution is 0.646. The molecule has 0 amide bonds. The zero-order valence-corrected chi connectivity index (χ0v) is 8.30. The van der Waals surface area contributed by atoms with Crippen LogP contribution in [-0.2, 0) is 6.42 Å². The summed E-state index contributed by atoms with van der Waals surface area (Å²) in [5.41, 5.74) is 2.82. The third kappa shape index (κ3) is 2.73. The summed E-state index contributed by atoms with van der Waals surface area (Å²) in [5, 5.41) is 0. The van der Waals surface area contributed by atoms with Crippen LogP contribution in [0, 0.1) is 12.8 Å². The molecule has 0 saturated heterocycles. The quantitative estimate of drug-likeness (QED) is 0.594. The van der Waals surface area contributed by atoms with Gasteiger partial charge in [0.05, 0.1) is 0 Å². The zero-order chi connectivity index (χ0) is 8.97. The summed E-state index contributed by atoms with van der Waals surface area (Å²) in [6.07, 6.45) is 2.49. The molecule has 0 fully saturated rings. The maximum Gasteiger partial charge on any atom is 0.101 e. The molecule has 0 aliphatic heterocycles. The van der Waals surface area contributed by atoms with Gasteiger partial charge in [0.1, 0.15) is 7.85 Å². The van der Waals surface area contributed by atoms with Crippen molar-refractivity contribution in [3.8, 4) is 0 Å². The molecule has 0 bridgehead atoms.